The van der Waals surface area contributed by atoms with Gasteiger partial charge in [-0.3, -0.25) is 9.69 Å². The molecule has 0 bridgehead atoms. The quantitative estimate of drug-likeness (QED) is 0.272. The molecule has 3 atom stereocenters. The van der Waals surface area contributed by atoms with E-state index < -0.39 is 17.5 Å². The highest BCUT2D eigenvalue weighted by atomic mass is 16.6. The first-order chi connectivity index (χ1) is 8.56. The number of urea groups is 1. The summed E-state index contributed by atoms with van der Waals surface area (Å²) in [5, 5.41) is 0. The molecule has 0 aromatic heterocycles. The van der Waals surface area contributed by atoms with E-state index in [1.165, 1.54) is 11.8 Å². The average Bonchev–Trinajstić information content (AvgIpc) is 3.24. The van der Waals surface area contributed by atoms with Crippen LogP contribution in [0.25, 0.3) is 0 Å². The molecule has 7 heteroatoms. The molecular formula is C11H14N2O5. The molecule has 7 nitrogen and oxygen atoms in total. The van der Waals surface area contributed by atoms with E-state index in [1.54, 1.807) is 0 Å². The van der Waals surface area contributed by atoms with Crippen LogP contribution in [0.3, 0.4) is 0 Å². The molecule has 98 valence electrons. The topological polar surface area (TPSA) is 82.8 Å². The summed E-state index contributed by atoms with van der Waals surface area (Å²) in [6, 6.07) is -0.430. The average molecular weight is 254 g/mol. The molecule has 3 saturated heterocycles. The number of aldehydes is 1. The summed E-state index contributed by atoms with van der Waals surface area (Å²) < 4.78 is 10.1. The van der Waals surface area contributed by atoms with E-state index >= 15 is 0 Å². The molecule has 0 aliphatic carbocycles. The van der Waals surface area contributed by atoms with E-state index in [2.05, 4.69) is 0 Å². The normalized spacial score (nSPS) is 38.3. The Morgan fingerprint density at radius 3 is 2.33 bits per heavy atom. The molecule has 3 aliphatic rings. The van der Waals surface area contributed by atoms with Crippen molar-refractivity contribution in [1.82, 2.24) is 9.80 Å². The Morgan fingerprint density at radius 2 is 1.83 bits per heavy atom. The van der Waals surface area contributed by atoms with Crippen LogP contribution in [0.15, 0.2) is 0 Å². The van der Waals surface area contributed by atoms with Crippen molar-refractivity contribution in [2.24, 2.45) is 0 Å². The molecule has 0 N–H and O–H groups in total. The third-order valence-electron chi connectivity index (χ3n) is 3.51. The van der Waals surface area contributed by atoms with Gasteiger partial charge in [-0.2, -0.15) is 0 Å². The molecule has 3 unspecified atom stereocenters. The van der Waals surface area contributed by atoms with E-state index in [4.69, 9.17) is 9.47 Å². The zero-order chi connectivity index (χ0) is 12.9. The first-order valence-corrected chi connectivity index (χ1v) is 5.89. The number of epoxide rings is 2. The van der Waals surface area contributed by atoms with Gasteiger partial charge in [0.05, 0.1) is 38.5 Å². The van der Waals surface area contributed by atoms with Gasteiger partial charge in [-0.15, -0.1) is 0 Å². The van der Waals surface area contributed by atoms with Crippen molar-refractivity contribution in [2.45, 2.75) is 24.7 Å². The fraction of sp³-hybridized carbons (Fsp3) is 0.727. The van der Waals surface area contributed by atoms with E-state index in [1.807, 2.05) is 0 Å². The molecule has 0 radical (unpaired) electrons. The minimum atomic E-state index is -1.40. The molecule has 3 aliphatic heterocycles. The smallest absolute Gasteiger partial charge is 0.328 e. The van der Waals surface area contributed by atoms with Gasteiger partial charge in [-0.25, -0.2) is 4.79 Å². The van der Waals surface area contributed by atoms with Gasteiger partial charge in [-0.05, 0) is 6.92 Å². The zero-order valence-electron chi connectivity index (χ0n) is 10.00. The van der Waals surface area contributed by atoms with Crippen LogP contribution in [-0.4, -0.2) is 72.1 Å². The third-order valence-corrected chi connectivity index (χ3v) is 3.51. The number of carbonyl (C=O) groups excluding carboxylic acids is 3. The maximum atomic E-state index is 12.2. The fourth-order valence-electron chi connectivity index (χ4n) is 2.12. The van der Waals surface area contributed by atoms with E-state index in [0.29, 0.717) is 19.5 Å². The molecule has 0 aromatic carbocycles. The highest BCUT2D eigenvalue weighted by Crippen LogP contribution is 2.30. The Labute approximate surface area is 104 Å². The number of hydrogen-bond donors (Lipinski definition) is 0. The largest absolute Gasteiger partial charge is 0.371 e. The summed E-state index contributed by atoms with van der Waals surface area (Å²) >= 11 is 0. The molecular weight excluding hydrogens is 240 g/mol. The second-order valence-electron chi connectivity index (χ2n) is 4.98. The summed E-state index contributed by atoms with van der Waals surface area (Å²) in [5.41, 5.74) is -1.40. The van der Waals surface area contributed by atoms with Crippen molar-refractivity contribution in [3.8, 4) is 0 Å². The lowest BCUT2D eigenvalue weighted by atomic mass is 10.0. The molecule has 3 heterocycles. The van der Waals surface area contributed by atoms with Crippen LogP contribution in [0.2, 0.25) is 0 Å². The van der Waals surface area contributed by atoms with E-state index in [-0.39, 0.29) is 25.3 Å². The fourth-order valence-corrected chi connectivity index (χ4v) is 2.12. The predicted molar refractivity (Wildman–Crippen MR) is 57.8 cm³/mol. The van der Waals surface area contributed by atoms with Gasteiger partial charge in [0.2, 0.25) is 0 Å². The molecule has 3 rings (SSSR count). The number of hydrogen-bond acceptors (Lipinski definition) is 5. The molecule has 3 fully saturated rings. The summed E-state index contributed by atoms with van der Waals surface area (Å²) in [6.07, 6.45) is 0.396. The first kappa shape index (κ1) is 11.6. The summed E-state index contributed by atoms with van der Waals surface area (Å²) in [4.78, 5) is 38.0. The third kappa shape index (κ3) is 1.70. The van der Waals surface area contributed by atoms with Gasteiger partial charge in [0.25, 0.3) is 5.91 Å². The van der Waals surface area contributed by atoms with Crippen molar-refractivity contribution < 1.29 is 23.9 Å². The Morgan fingerprint density at radius 1 is 1.28 bits per heavy atom. The Hall–Kier alpha value is -1.47. The first-order valence-electron chi connectivity index (χ1n) is 5.89. The minimum Gasteiger partial charge on any atom is -0.371 e. The number of rotatable bonds is 5. The monoisotopic (exact) mass is 254 g/mol. The van der Waals surface area contributed by atoms with Crippen LogP contribution in [0.4, 0.5) is 4.79 Å². The Kier molecular flexibility index (Phi) is 2.43. The predicted octanol–water partition coefficient (Wildman–Crippen LogP) is -0.994. The minimum absolute atomic E-state index is 0.0573. The second-order valence-corrected chi connectivity index (χ2v) is 4.98. The number of carbonyl (C=O) groups is 3. The van der Waals surface area contributed by atoms with Gasteiger partial charge in [0, 0.05) is 0 Å². The number of imide groups is 1. The highest BCUT2D eigenvalue weighted by Gasteiger charge is 2.56. The van der Waals surface area contributed by atoms with Crippen LogP contribution in [0.1, 0.15) is 6.92 Å². The summed E-state index contributed by atoms with van der Waals surface area (Å²) in [7, 11) is 0. The standard InChI is InChI=1S/C11H14N2O5/c1-11(6-14)9(15)12(2-7-4-17-7)10(16)13(11)3-8-5-18-8/h6-8H,2-5H2,1H3. The molecule has 0 spiro atoms. The van der Waals surface area contributed by atoms with Gasteiger partial charge >= 0.3 is 6.03 Å². The molecule has 3 amide bonds. The van der Waals surface area contributed by atoms with Crippen LogP contribution in [-0.2, 0) is 19.1 Å². The number of amides is 3. The van der Waals surface area contributed by atoms with Crippen molar-refractivity contribution in [2.75, 3.05) is 26.3 Å². The SMILES string of the molecule is CC1(C=O)C(=O)N(CC2CO2)C(=O)N1CC1CO1. The van der Waals surface area contributed by atoms with Crippen LogP contribution < -0.4 is 0 Å². The maximum absolute atomic E-state index is 12.2. The van der Waals surface area contributed by atoms with Crippen molar-refractivity contribution in [3.05, 3.63) is 0 Å². The number of ether oxygens (including phenoxy) is 2. The van der Waals surface area contributed by atoms with Crippen molar-refractivity contribution >= 4 is 18.2 Å². The van der Waals surface area contributed by atoms with Gasteiger partial charge in [0.15, 0.2) is 11.8 Å². The summed E-state index contributed by atoms with van der Waals surface area (Å²) in [6.45, 7) is 3.10. The lowest BCUT2D eigenvalue weighted by Gasteiger charge is -2.25. The van der Waals surface area contributed by atoms with Crippen molar-refractivity contribution in [3.63, 3.8) is 0 Å². The van der Waals surface area contributed by atoms with E-state index in [9.17, 15) is 14.4 Å². The Bertz CT molecular complexity index is 418. The highest BCUT2D eigenvalue weighted by molar-refractivity contribution is 6.15. The molecule has 0 aromatic rings. The van der Waals surface area contributed by atoms with Gasteiger partial charge in [-0.1, -0.05) is 0 Å². The number of nitrogens with zero attached hydrogens (tertiary/aromatic N) is 2. The lowest BCUT2D eigenvalue weighted by Crippen LogP contribution is -2.50. The van der Waals surface area contributed by atoms with Gasteiger partial charge in [0.1, 0.15) is 0 Å². The lowest BCUT2D eigenvalue weighted by molar-refractivity contribution is -0.136. The Balaban J connectivity index is 1.83. The van der Waals surface area contributed by atoms with Gasteiger partial charge < -0.3 is 19.2 Å². The van der Waals surface area contributed by atoms with Crippen molar-refractivity contribution in [1.29, 1.82) is 0 Å². The molecule has 18 heavy (non-hydrogen) atoms. The van der Waals surface area contributed by atoms with Crippen LogP contribution in [0, 0.1) is 0 Å². The van der Waals surface area contributed by atoms with Crippen LogP contribution in [0.5, 0.6) is 0 Å². The maximum Gasteiger partial charge on any atom is 0.328 e. The van der Waals surface area contributed by atoms with Crippen LogP contribution >= 0.6 is 0 Å². The van der Waals surface area contributed by atoms with E-state index in [0.717, 1.165) is 4.90 Å². The molecule has 0 saturated carbocycles. The second kappa shape index (κ2) is 3.76. The zero-order valence-corrected chi connectivity index (χ0v) is 10.00. The summed E-state index contributed by atoms with van der Waals surface area (Å²) in [5.74, 6) is -0.473.